The number of carbonyl (C=O) groups is 1. The zero-order chi connectivity index (χ0) is 10.7. The Balaban J connectivity index is 1.99. The normalized spacial score (nSPS) is 37.5. The van der Waals surface area contributed by atoms with Crippen LogP contribution in [-0.4, -0.2) is 37.3 Å². The minimum atomic E-state index is -0.605. The van der Waals surface area contributed by atoms with Crippen LogP contribution in [0.4, 0.5) is 0 Å². The highest BCUT2D eigenvalue weighted by Gasteiger charge is 2.36. The van der Waals surface area contributed by atoms with Gasteiger partial charge in [0.1, 0.15) is 0 Å². The van der Waals surface area contributed by atoms with E-state index < -0.39 is 5.97 Å². The molecule has 0 aliphatic carbocycles. The number of hydrogen-bond donors (Lipinski definition) is 3. The molecule has 0 saturated carbocycles. The molecule has 0 aromatic carbocycles. The maximum atomic E-state index is 11.2. The van der Waals surface area contributed by atoms with Gasteiger partial charge in [-0.2, -0.15) is 0 Å². The van der Waals surface area contributed by atoms with Crippen LogP contribution in [0.3, 0.4) is 0 Å². The molecular formula is C11H20N2O2. The summed E-state index contributed by atoms with van der Waals surface area (Å²) in [5.41, 5.74) is 0. The van der Waals surface area contributed by atoms with Crippen molar-refractivity contribution in [1.29, 1.82) is 0 Å². The number of nitrogens with one attached hydrogen (secondary N) is 2. The Hall–Kier alpha value is -0.610. The smallest absolute Gasteiger partial charge is 0.306 e. The SMILES string of the molecule is O=C(O)C1CCNCC1C1CCCNC1. The third-order valence-electron chi connectivity index (χ3n) is 3.79. The molecular weight excluding hydrogens is 192 g/mol. The summed E-state index contributed by atoms with van der Waals surface area (Å²) in [6.07, 6.45) is 3.16. The van der Waals surface area contributed by atoms with Gasteiger partial charge >= 0.3 is 5.97 Å². The molecule has 2 aliphatic heterocycles. The highest BCUT2D eigenvalue weighted by molar-refractivity contribution is 5.70. The molecule has 0 bridgehead atoms. The molecule has 2 heterocycles. The Labute approximate surface area is 90.4 Å². The largest absolute Gasteiger partial charge is 0.481 e. The first-order valence-electron chi connectivity index (χ1n) is 5.93. The molecule has 0 aromatic heterocycles. The van der Waals surface area contributed by atoms with E-state index in [0.29, 0.717) is 11.8 Å². The Bertz CT molecular complexity index is 227. The van der Waals surface area contributed by atoms with E-state index in [0.717, 1.165) is 32.6 Å². The van der Waals surface area contributed by atoms with E-state index in [2.05, 4.69) is 10.6 Å². The molecule has 0 spiro atoms. The van der Waals surface area contributed by atoms with E-state index in [4.69, 9.17) is 0 Å². The van der Waals surface area contributed by atoms with Crippen LogP contribution in [0.2, 0.25) is 0 Å². The summed E-state index contributed by atoms with van der Waals surface area (Å²) >= 11 is 0. The molecule has 2 aliphatic rings. The molecule has 4 nitrogen and oxygen atoms in total. The Morgan fingerprint density at radius 1 is 1.13 bits per heavy atom. The lowest BCUT2D eigenvalue weighted by molar-refractivity contribution is -0.145. The average molecular weight is 212 g/mol. The van der Waals surface area contributed by atoms with Crippen LogP contribution in [0.1, 0.15) is 19.3 Å². The van der Waals surface area contributed by atoms with Gasteiger partial charge in [0.25, 0.3) is 0 Å². The first-order valence-corrected chi connectivity index (χ1v) is 5.93. The van der Waals surface area contributed by atoms with Gasteiger partial charge in [-0.25, -0.2) is 0 Å². The Morgan fingerprint density at radius 2 is 1.93 bits per heavy atom. The standard InChI is InChI=1S/C11H20N2O2/c14-11(15)9-3-5-13-7-10(9)8-2-1-4-12-6-8/h8-10,12-13H,1-7H2,(H,14,15). The van der Waals surface area contributed by atoms with Crippen molar-refractivity contribution in [2.24, 2.45) is 17.8 Å². The van der Waals surface area contributed by atoms with Crippen molar-refractivity contribution in [2.75, 3.05) is 26.2 Å². The minimum absolute atomic E-state index is 0.129. The summed E-state index contributed by atoms with van der Waals surface area (Å²) in [6, 6.07) is 0. The van der Waals surface area contributed by atoms with Crippen LogP contribution in [0.25, 0.3) is 0 Å². The fourth-order valence-corrected chi connectivity index (χ4v) is 2.93. The second-order valence-corrected chi connectivity index (χ2v) is 4.71. The molecule has 3 N–H and O–H groups in total. The number of carboxylic acids is 1. The molecule has 15 heavy (non-hydrogen) atoms. The molecule has 2 fully saturated rings. The molecule has 3 atom stereocenters. The topological polar surface area (TPSA) is 61.4 Å². The number of hydrogen-bond acceptors (Lipinski definition) is 3. The fraction of sp³-hybridized carbons (Fsp3) is 0.909. The molecule has 0 radical (unpaired) electrons. The molecule has 2 rings (SSSR count). The predicted molar refractivity (Wildman–Crippen MR) is 57.7 cm³/mol. The van der Waals surface area contributed by atoms with Crippen molar-refractivity contribution in [1.82, 2.24) is 10.6 Å². The number of carboxylic acid groups (broad SMARTS) is 1. The quantitative estimate of drug-likeness (QED) is 0.616. The van der Waals surface area contributed by atoms with Gasteiger partial charge in [-0.05, 0) is 57.3 Å². The van der Waals surface area contributed by atoms with Crippen LogP contribution in [0.5, 0.6) is 0 Å². The van der Waals surface area contributed by atoms with Gasteiger partial charge in [0.2, 0.25) is 0 Å². The van der Waals surface area contributed by atoms with Gasteiger partial charge in [0.05, 0.1) is 5.92 Å². The van der Waals surface area contributed by atoms with Gasteiger partial charge in [-0.3, -0.25) is 4.79 Å². The van der Waals surface area contributed by atoms with Gasteiger partial charge in [-0.1, -0.05) is 0 Å². The number of piperidine rings is 2. The highest BCUT2D eigenvalue weighted by Crippen LogP contribution is 2.30. The maximum absolute atomic E-state index is 11.2. The van der Waals surface area contributed by atoms with Crippen LogP contribution >= 0.6 is 0 Å². The van der Waals surface area contributed by atoms with Crippen molar-refractivity contribution >= 4 is 5.97 Å². The van der Waals surface area contributed by atoms with Crippen LogP contribution in [0, 0.1) is 17.8 Å². The molecule has 0 amide bonds. The molecule has 2 saturated heterocycles. The van der Waals surface area contributed by atoms with Gasteiger partial charge < -0.3 is 15.7 Å². The van der Waals surface area contributed by atoms with Gasteiger partial charge in [0, 0.05) is 0 Å². The van der Waals surface area contributed by atoms with Crippen molar-refractivity contribution in [3.05, 3.63) is 0 Å². The summed E-state index contributed by atoms with van der Waals surface area (Å²) in [5, 5.41) is 15.9. The third kappa shape index (κ3) is 2.49. The lowest BCUT2D eigenvalue weighted by Gasteiger charge is -2.37. The van der Waals surface area contributed by atoms with E-state index in [1.54, 1.807) is 0 Å². The molecule has 4 heteroatoms. The lowest BCUT2D eigenvalue weighted by Crippen LogP contribution is -2.47. The zero-order valence-corrected chi connectivity index (χ0v) is 9.04. The van der Waals surface area contributed by atoms with E-state index in [9.17, 15) is 9.90 Å². The highest BCUT2D eigenvalue weighted by atomic mass is 16.4. The minimum Gasteiger partial charge on any atom is -0.481 e. The van der Waals surface area contributed by atoms with Gasteiger partial charge in [-0.15, -0.1) is 0 Å². The molecule has 0 aromatic rings. The summed E-state index contributed by atoms with van der Waals surface area (Å²) in [4.78, 5) is 11.2. The fourth-order valence-electron chi connectivity index (χ4n) is 2.93. The third-order valence-corrected chi connectivity index (χ3v) is 3.79. The summed E-state index contributed by atoms with van der Waals surface area (Å²) in [6.45, 7) is 3.82. The van der Waals surface area contributed by atoms with Crippen LogP contribution in [-0.2, 0) is 4.79 Å². The lowest BCUT2D eigenvalue weighted by atomic mass is 9.75. The monoisotopic (exact) mass is 212 g/mol. The van der Waals surface area contributed by atoms with Crippen molar-refractivity contribution in [3.63, 3.8) is 0 Å². The maximum Gasteiger partial charge on any atom is 0.306 e. The van der Waals surface area contributed by atoms with Crippen molar-refractivity contribution in [2.45, 2.75) is 19.3 Å². The zero-order valence-electron chi connectivity index (χ0n) is 9.04. The van der Waals surface area contributed by atoms with Gasteiger partial charge in [0.15, 0.2) is 0 Å². The van der Waals surface area contributed by atoms with E-state index in [1.165, 1.54) is 12.8 Å². The number of rotatable bonds is 2. The van der Waals surface area contributed by atoms with Crippen molar-refractivity contribution in [3.8, 4) is 0 Å². The average Bonchev–Trinajstić information content (AvgIpc) is 2.30. The van der Waals surface area contributed by atoms with E-state index >= 15 is 0 Å². The number of aliphatic carboxylic acids is 1. The van der Waals surface area contributed by atoms with Crippen LogP contribution < -0.4 is 10.6 Å². The molecule has 3 unspecified atom stereocenters. The second-order valence-electron chi connectivity index (χ2n) is 4.71. The first-order chi connectivity index (χ1) is 7.29. The van der Waals surface area contributed by atoms with Crippen LogP contribution in [0.15, 0.2) is 0 Å². The second kappa shape index (κ2) is 4.94. The van der Waals surface area contributed by atoms with Crippen molar-refractivity contribution < 1.29 is 9.90 Å². The van der Waals surface area contributed by atoms with E-state index in [1.807, 2.05) is 0 Å². The summed E-state index contributed by atoms with van der Waals surface area (Å²) in [5.74, 6) is 0.139. The predicted octanol–water partition coefficient (Wildman–Crippen LogP) is 0.296. The first kappa shape index (κ1) is 10.9. The summed E-state index contributed by atoms with van der Waals surface area (Å²) < 4.78 is 0. The Morgan fingerprint density at radius 3 is 2.60 bits per heavy atom. The Kier molecular flexibility index (Phi) is 3.59. The summed E-state index contributed by atoms with van der Waals surface area (Å²) in [7, 11) is 0. The molecule has 86 valence electrons. The van der Waals surface area contributed by atoms with E-state index in [-0.39, 0.29) is 5.92 Å².